The van der Waals surface area contributed by atoms with Crippen molar-refractivity contribution in [1.29, 1.82) is 0 Å². The monoisotopic (exact) mass is 609 g/mol. The molecule has 1 heterocycles. The maximum absolute atomic E-state index is 11.7. The van der Waals surface area contributed by atoms with Crippen molar-refractivity contribution in [3.63, 3.8) is 0 Å². The largest absolute Gasteiger partial charge is 0.481 e. The summed E-state index contributed by atoms with van der Waals surface area (Å²) < 4.78 is 16.6. The molecule has 0 amide bonds. The summed E-state index contributed by atoms with van der Waals surface area (Å²) in [6.07, 6.45) is 5.86. The van der Waals surface area contributed by atoms with Crippen LogP contribution in [0.25, 0.3) is 10.4 Å². The van der Waals surface area contributed by atoms with Gasteiger partial charge in [-0.25, -0.2) is 0 Å². The fraction of sp³-hybridized carbons (Fsp3) is 0.742. The van der Waals surface area contributed by atoms with Crippen LogP contribution in [0.1, 0.15) is 74.1 Å². The maximum Gasteiger partial charge on any atom is 0.305 e. The second kappa shape index (κ2) is 18.2. The molecule has 0 aromatic rings. The van der Waals surface area contributed by atoms with E-state index in [1.807, 2.05) is 32.9 Å². The zero-order valence-electron chi connectivity index (χ0n) is 26.7. The highest BCUT2D eigenvalue weighted by Crippen LogP contribution is 2.37. The molecule has 1 aliphatic rings. The number of carbonyl (C=O) groups excluding carboxylic acids is 1. The number of aliphatic hydroxyl groups is 3. The Hall–Kier alpha value is -2.73. The molecule has 43 heavy (non-hydrogen) atoms. The van der Waals surface area contributed by atoms with E-state index < -0.39 is 48.3 Å². The van der Waals surface area contributed by atoms with Gasteiger partial charge in [-0.1, -0.05) is 62.7 Å². The van der Waals surface area contributed by atoms with Gasteiger partial charge in [0.15, 0.2) is 0 Å². The van der Waals surface area contributed by atoms with E-state index in [9.17, 15) is 30.4 Å². The minimum atomic E-state index is -1.59. The lowest BCUT2D eigenvalue weighted by Gasteiger charge is -2.31. The van der Waals surface area contributed by atoms with E-state index in [0.29, 0.717) is 0 Å². The number of carbonyl (C=O) groups is 2. The average molecular weight is 610 g/mol. The van der Waals surface area contributed by atoms with Crippen LogP contribution in [0, 0.1) is 17.8 Å². The molecule has 0 saturated carbocycles. The van der Waals surface area contributed by atoms with Crippen LogP contribution in [-0.4, -0.2) is 87.7 Å². The predicted octanol–water partition coefficient (Wildman–Crippen LogP) is 4.48. The van der Waals surface area contributed by atoms with Gasteiger partial charge < -0.3 is 34.6 Å². The van der Waals surface area contributed by atoms with Gasteiger partial charge in [0.2, 0.25) is 0 Å². The summed E-state index contributed by atoms with van der Waals surface area (Å²) in [5.74, 6) is -2.17. The van der Waals surface area contributed by atoms with E-state index in [1.54, 1.807) is 19.3 Å². The number of aliphatic carboxylic acids is 1. The number of epoxide rings is 1. The summed E-state index contributed by atoms with van der Waals surface area (Å²) in [6.45, 7) is 12.3. The lowest BCUT2D eigenvalue weighted by atomic mass is 9.89. The van der Waals surface area contributed by atoms with Gasteiger partial charge in [-0.3, -0.25) is 9.59 Å². The first-order valence-corrected chi connectivity index (χ1v) is 14.8. The number of methoxy groups -OCH3 is 1. The number of azide groups is 1. The Bertz CT molecular complexity index is 1030. The summed E-state index contributed by atoms with van der Waals surface area (Å²) in [5.41, 5.74) is 8.36. The summed E-state index contributed by atoms with van der Waals surface area (Å²) in [6, 6.07) is -0.594. The molecule has 0 radical (unpaired) electrons. The van der Waals surface area contributed by atoms with Crippen molar-refractivity contribution < 1.29 is 44.2 Å². The number of ether oxygens (including phenoxy) is 3. The molecule has 9 unspecified atom stereocenters. The van der Waals surface area contributed by atoms with E-state index >= 15 is 0 Å². The molecular formula is C31H51N3O9. The Kier molecular flexibility index (Phi) is 16.2. The fourth-order valence-corrected chi connectivity index (χ4v) is 5.20. The molecule has 4 N–H and O–H groups in total. The zero-order chi connectivity index (χ0) is 32.9. The molecule has 12 nitrogen and oxygen atoms in total. The van der Waals surface area contributed by atoms with Crippen LogP contribution < -0.4 is 0 Å². The second-order valence-electron chi connectivity index (χ2n) is 11.8. The molecule has 1 fully saturated rings. The number of esters is 1. The van der Waals surface area contributed by atoms with Gasteiger partial charge in [-0.2, -0.15) is 0 Å². The van der Waals surface area contributed by atoms with Crippen molar-refractivity contribution in [2.45, 2.75) is 122 Å². The van der Waals surface area contributed by atoms with Gasteiger partial charge in [0, 0.05) is 30.8 Å². The highest BCUT2D eigenvalue weighted by Gasteiger charge is 2.50. The van der Waals surface area contributed by atoms with Crippen LogP contribution in [0.5, 0.6) is 0 Å². The molecule has 0 aromatic carbocycles. The van der Waals surface area contributed by atoms with Crippen molar-refractivity contribution in [3.8, 4) is 0 Å². The summed E-state index contributed by atoms with van der Waals surface area (Å²) in [5, 5.41) is 44.5. The van der Waals surface area contributed by atoms with E-state index in [0.717, 1.165) is 12.0 Å². The number of nitrogens with zero attached hydrogens (tertiary/aromatic N) is 3. The van der Waals surface area contributed by atoms with Crippen molar-refractivity contribution in [3.05, 3.63) is 46.4 Å². The molecule has 1 aliphatic heterocycles. The molecule has 1 rings (SSSR count). The van der Waals surface area contributed by atoms with Gasteiger partial charge in [0.1, 0.15) is 17.8 Å². The van der Waals surface area contributed by atoms with Crippen molar-refractivity contribution in [2.24, 2.45) is 22.9 Å². The first-order chi connectivity index (χ1) is 20.1. The third-order valence-electron chi connectivity index (χ3n) is 8.05. The van der Waals surface area contributed by atoms with Crippen LogP contribution in [0.3, 0.4) is 0 Å². The quantitative estimate of drug-likeness (QED) is 0.0292. The van der Waals surface area contributed by atoms with Crippen molar-refractivity contribution in [2.75, 3.05) is 7.11 Å². The Labute approximate surface area is 255 Å². The molecule has 0 aromatic heterocycles. The molecule has 244 valence electrons. The number of aliphatic hydroxyl groups excluding tert-OH is 2. The van der Waals surface area contributed by atoms with Crippen LogP contribution in [0.4, 0.5) is 0 Å². The Balaban J connectivity index is 2.94. The fourth-order valence-electron chi connectivity index (χ4n) is 5.20. The molecule has 12 heteroatoms. The minimum absolute atomic E-state index is 0.0118. The van der Waals surface area contributed by atoms with E-state index in [1.165, 1.54) is 19.9 Å². The van der Waals surface area contributed by atoms with Crippen LogP contribution in [0.15, 0.2) is 41.1 Å². The molecule has 0 aliphatic carbocycles. The predicted molar refractivity (Wildman–Crippen MR) is 162 cm³/mol. The third kappa shape index (κ3) is 12.8. The zero-order valence-corrected chi connectivity index (χ0v) is 26.7. The van der Waals surface area contributed by atoms with Gasteiger partial charge >= 0.3 is 11.9 Å². The molecule has 1 saturated heterocycles. The van der Waals surface area contributed by atoms with Crippen molar-refractivity contribution >= 4 is 11.9 Å². The number of carboxylic acid groups (broad SMARTS) is 1. The highest BCUT2D eigenvalue weighted by atomic mass is 16.6. The van der Waals surface area contributed by atoms with Crippen LogP contribution in [-0.2, 0) is 23.8 Å². The lowest BCUT2D eigenvalue weighted by Crippen LogP contribution is -2.41. The number of allylic oxidation sites excluding steroid dienone is 2. The average Bonchev–Trinajstić information content (AvgIpc) is 3.73. The highest BCUT2D eigenvalue weighted by molar-refractivity contribution is 5.67. The summed E-state index contributed by atoms with van der Waals surface area (Å²) in [7, 11) is 1.68. The van der Waals surface area contributed by atoms with Crippen LogP contribution >= 0.6 is 0 Å². The van der Waals surface area contributed by atoms with E-state index in [4.69, 9.17) is 19.3 Å². The number of hydrogen-bond donors (Lipinski definition) is 4. The van der Waals surface area contributed by atoms with Gasteiger partial charge in [-0.05, 0) is 50.6 Å². The number of hydrogen-bond acceptors (Lipinski definition) is 9. The van der Waals surface area contributed by atoms with Gasteiger partial charge in [0.05, 0.1) is 36.9 Å². The molecule has 0 bridgehead atoms. The lowest BCUT2D eigenvalue weighted by molar-refractivity contribution is -0.156. The van der Waals surface area contributed by atoms with Gasteiger partial charge in [0.25, 0.3) is 0 Å². The minimum Gasteiger partial charge on any atom is -0.481 e. The molecule has 0 spiro atoms. The second-order valence-corrected chi connectivity index (χ2v) is 11.8. The maximum atomic E-state index is 11.7. The Morgan fingerprint density at radius 3 is 2.30 bits per heavy atom. The number of rotatable bonds is 20. The smallest absolute Gasteiger partial charge is 0.305 e. The normalized spacial score (nSPS) is 24.2. The van der Waals surface area contributed by atoms with Crippen LogP contribution in [0.2, 0.25) is 0 Å². The third-order valence-corrected chi connectivity index (χ3v) is 8.05. The topological polar surface area (TPSA) is 195 Å². The van der Waals surface area contributed by atoms with Gasteiger partial charge in [-0.15, -0.1) is 0 Å². The SMILES string of the molecule is CCC(OC)C(C)C1OC1C(O)C(C)/C=C/C=C(\C)[C@@H](N=[N+]=[N-])[C@@H](C)/C=C/C(OC(C)=O)C(C)(O)CCC(O)CC(=O)O. The first-order valence-electron chi connectivity index (χ1n) is 14.8. The number of carboxylic acids is 1. The standard InChI is InChI=1S/C31H51N3O9/c1-9-24(41-8)21(5)29-30(43-29)28(39)20(4)12-10-11-18(2)27(33-34-32)19(3)13-14-25(42-22(6)35)31(7,40)16-15-23(36)17-26(37)38/h10-14,19-21,23-25,27-30,36,39-40H,9,15-17H2,1-8H3,(H,37,38)/b12-10+,14-13+,18-11+/t19-,20?,21?,23?,24?,25?,27+,28?,29?,30?,31?/m0/s1. The Morgan fingerprint density at radius 2 is 1.77 bits per heavy atom. The van der Waals surface area contributed by atoms with E-state index in [2.05, 4.69) is 23.9 Å². The Morgan fingerprint density at radius 1 is 1.12 bits per heavy atom. The molecular weight excluding hydrogens is 558 g/mol. The van der Waals surface area contributed by atoms with E-state index in [-0.39, 0.29) is 48.9 Å². The van der Waals surface area contributed by atoms with Crippen molar-refractivity contribution in [1.82, 2.24) is 0 Å². The summed E-state index contributed by atoms with van der Waals surface area (Å²) in [4.78, 5) is 25.5. The molecule has 11 atom stereocenters. The first kappa shape index (κ1) is 38.3. The summed E-state index contributed by atoms with van der Waals surface area (Å²) >= 11 is 0.